The summed E-state index contributed by atoms with van der Waals surface area (Å²) in [5.41, 5.74) is 0.107. The molecule has 110 valence electrons. The average Bonchev–Trinajstić information content (AvgIpc) is 2.35. The zero-order chi connectivity index (χ0) is 15.5. The summed E-state index contributed by atoms with van der Waals surface area (Å²) < 4.78 is 8.10. The van der Waals surface area contributed by atoms with Crippen LogP contribution in [0.25, 0.3) is 0 Å². The smallest absolute Gasteiger partial charge is 0.490 e. The first-order chi connectivity index (χ1) is 9.38. The number of ether oxygens (including phenoxy) is 2. The first-order valence-corrected chi connectivity index (χ1v) is 5.08. The predicted molar refractivity (Wildman–Crippen MR) is 63.1 cm³/mol. The third-order valence-electron chi connectivity index (χ3n) is 1.64. The second-order valence-electron chi connectivity index (χ2n) is 3.01. The van der Waals surface area contributed by atoms with Crippen LogP contribution in [0.5, 0.6) is 5.75 Å². The zero-order valence-electron chi connectivity index (χ0n) is 10.1. The van der Waals surface area contributed by atoms with Gasteiger partial charge in [-0.25, -0.2) is 14.4 Å². The van der Waals surface area contributed by atoms with E-state index in [2.05, 4.69) is 4.74 Å². The van der Waals surface area contributed by atoms with Crippen molar-refractivity contribution in [1.82, 2.24) is 0 Å². The van der Waals surface area contributed by atoms with E-state index in [1.807, 2.05) is 0 Å². The van der Waals surface area contributed by atoms with E-state index in [1.54, 1.807) is 18.2 Å². The number of carboxylic acids is 1. The highest BCUT2D eigenvalue weighted by Crippen LogP contribution is 2.17. The monoisotopic (exact) mass is 288 g/mol. The van der Waals surface area contributed by atoms with Crippen molar-refractivity contribution in [3.8, 4) is 5.75 Å². The molecular weight excluding hydrogens is 276 g/mol. The van der Waals surface area contributed by atoms with Crippen molar-refractivity contribution in [2.45, 2.75) is 0 Å². The first kappa shape index (κ1) is 17.2. The quantitative estimate of drug-likeness (QED) is 0.471. The Hall–Kier alpha value is -2.81. The predicted octanol–water partition coefficient (Wildman–Crippen LogP) is 1.11. The van der Waals surface area contributed by atoms with Crippen LogP contribution in [0, 0.1) is 0 Å². The molecule has 1 aromatic carbocycles. The Balaban J connectivity index is 0.000000441. The Morgan fingerprint density at radius 2 is 1.55 bits per heavy atom. The van der Waals surface area contributed by atoms with E-state index in [0.29, 0.717) is 0 Å². The minimum atomic E-state index is -1.81. The summed E-state index contributed by atoms with van der Waals surface area (Å²) in [5, 5.41) is 32.2. The van der Waals surface area contributed by atoms with E-state index >= 15 is 0 Å². The van der Waals surface area contributed by atoms with Gasteiger partial charge in [-0.15, -0.1) is 0 Å². The van der Waals surface area contributed by atoms with Gasteiger partial charge in [-0.05, 0) is 12.1 Å². The van der Waals surface area contributed by atoms with E-state index in [0.717, 1.165) is 0 Å². The second kappa shape index (κ2) is 9.16. The number of aliphatic hydroxyl groups is 1. The van der Waals surface area contributed by atoms with E-state index in [9.17, 15) is 14.4 Å². The van der Waals surface area contributed by atoms with Crippen molar-refractivity contribution in [1.29, 1.82) is 0 Å². The molecule has 20 heavy (non-hydrogen) atoms. The Morgan fingerprint density at radius 3 is 1.95 bits per heavy atom. The maximum absolute atomic E-state index is 10.6. The molecule has 0 aromatic heterocycles. The Bertz CT molecular complexity index is 457. The van der Waals surface area contributed by atoms with Crippen LogP contribution >= 0.6 is 0 Å². The van der Waals surface area contributed by atoms with Crippen LogP contribution < -0.4 is 4.74 Å². The number of aliphatic hydroxyl groups excluding tert-OH is 1. The molecule has 9 heteroatoms. The standard InChI is InChI=1S/C9H10O4.C2H2O5/c10-5-6-13-8-4-2-1-3-7(8)9(11)12;3-1(4)7-2(5)6/h1-4,10H,5-6H2,(H,11,12);(H,3,4)(H,5,6). The molecule has 9 nitrogen and oxygen atoms in total. The van der Waals surface area contributed by atoms with Crippen molar-refractivity contribution in [2.75, 3.05) is 13.2 Å². The highest BCUT2D eigenvalue weighted by atomic mass is 16.7. The molecule has 1 aromatic rings. The van der Waals surface area contributed by atoms with Gasteiger partial charge in [-0.3, -0.25) is 0 Å². The molecule has 0 saturated heterocycles. The van der Waals surface area contributed by atoms with Crippen LogP contribution in [0.4, 0.5) is 9.59 Å². The number of aromatic carboxylic acids is 1. The molecule has 0 heterocycles. The normalized spacial score (nSPS) is 8.85. The molecule has 0 bridgehead atoms. The van der Waals surface area contributed by atoms with Crippen LogP contribution in [-0.4, -0.2) is 51.9 Å². The number of benzene rings is 1. The number of hydrogen-bond acceptors (Lipinski definition) is 6. The summed E-state index contributed by atoms with van der Waals surface area (Å²) >= 11 is 0. The lowest BCUT2D eigenvalue weighted by atomic mass is 10.2. The summed E-state index contributed by atoms with van der Waals surface area (Å²) in [6, 6.07) is 6.31. The van der Waals surface area contributed by atoms with Gasteiger partial charge in [0.25, 0.3) is 0 Å². The third-order valence-corrected chi connectivity index (χ3v) is 1.64. The Kier molecular flexibility index (Phi) is 7.88. The van der Waals surface area contributed by atoms with Crippen molar-refractivity contribution in [3.63, 3.8) is 0 Å². The summed E-state index contributed by atoms with van der Waals surface area (Å²) in [6.45, 7) is -0.0295. The van der Waals surface area contributed by atoms with Gasteiger partial charge in [0.05, 0.1) is 6.61 Å². The van der Waals surface area contributed by atoms with Gasteiger partial charge in [0.2, 0.25) is 0 Å². The summed E-state index contributed by atoms with van der Waals surface area (Å²) in [4.78, 5) is 29.1. The number of carboxylic acid groups (broad SMARTS) is 3. The second-order valence-corrected chi connectivity index (χ2v) is 3.01. The molecular formula is C11H12O9. The molecule has 0 amide bonds. The molecule has 0 aliphatic carbocycles. The highest BCUT2D eigenvalue weighted by Gasteiger charge is 2.09. The molecule has 1 rings (SSSR count). The number of hydrogen-bond donors (Lipinski definition) is 4. The van der Waals surface area contributed by atoms with Gasteiger partial charge in [-0.1, -0.05) is 12.1 Å². The molecule has 0 saturated carbocycles. The topological polar surface area (TPSA) is 151 Å². The van der Waals surface area contributed by atoms with Crippen LogP contribution in [0.1, 0.15) is 10.4 Å². The van der Waals surface area contributed by atoms with E-state index in [-0.39, 0.29) is 24.5 Å². The first-order valence-electron chi connectivity index (χ1n) is 5.08. The minimum absolute atomic E-state index is 0.101. The van der Waals surface area contributed by atoms with Gasteiger partial charge >= 0.3 is 18.3 Å². The molecule has 0 fully saturated rings. The molecule has 0 radical (unpaired) electrons. The van der Waals surface area contributed by atoms with Crippen LogP contribution in [0.3, 0.4) is 0 Å². The van der Waals surface area contributed by atoms with Crippen molar-refractivity contribution in [2.24, 2.45) is 0 Å². The minimum Gasteiger partial charge on any atom is -0.490 e. The Labute approximate surface area is 112 Å². The Morgan fingerprint density at radius 1 is 1.00 bits per heavy atom. The van der Waals surface area contributed by atoms with Crippen molar-refractivity contribution < 1.29 is 44.3 Å². The molecule has 0 spiro atoms. The van der Waals surface area contributed by atoms with Crippen LogP contribution in [0.15, 0.2) is 24.3 Å². The number of carbonyl (C=O) groups is 3. The van der Waals surface area contributed by atoms with Gasteiger partial charge in [0.15, 0.2) is 0 Å². The fourth-order valence-electron chi connectivity index (χ4n) is 0.999. The fourth-order valence-corrected chi connectivity index (χ4v) is 0.999. The molecule has 0 atom stereocenters. The van der Waals surface area contributed by atoms with Gasteiger partial charge in [0.1, 0.15) is 17.9 Å². The van der Waals surface area contributed by atoms with Crippen LogP contribution in [0.2, 0.25) is 0 Å². The lowest BCUT2D eigenvalue weighted by Crippen LogP contribution is -2.06. The van der Waals surface area contributed by atoms with Gasteiger partial charge < -0.3 is 29.9 Å². The van der Waals surface area contributed by atoms with E-state index < -0.39 is 18.3 Å². The van der Waals surface area contributed by atoms with E-state index in [4.69, 9.17) is 25.2 Å². The summed E-state index contributed by atoms with van der Waals surface area (Å²) in [5.74, 6) is -0.752. The van der Waals surface area contributed by atoms with E-state index in [1.165, 1.54) is 6.07 Å². The lowest BCUT2D eigenvalue weighted by Gasteiger charge is -2.06. The maximum atomic E-state index is 10.6. The van der Waals surface area contributed by atoms with Crippen LogP contribution in [-0.2, 0) is 4.74 Å². The third kappa shape index (κ3) is 7.50. The molecule has 4 N–H and O–H groups in total. The summed E-state index contributed by atoms with van der Waals surface area (Å²) in [7, 11) is 0. The maximum Gasteiger partial charge on any atom is 0.516 e. The number of rotatable bonds is 4. The van der Waals surface area contributed by atoms with Crippen molar-refractivity contribution in [3.05, 3.63) is 29.8 Å². The zero-order valence-corrected chi connectivity index (χ0v) is 10.1. The average molecular weight is 288 g/mol. The van der Waals surface area contributed by atoms with Gasteiger partial charge in [-0.2, -0.15) is 0 Å². The SMILES string of the molecule is O=C(O)OC(=O)O.O=C(O)c1ccccc1OCCO. The fraction of sp³-hybridized carbons (Fsp3) is 0.182. The van der Waals surface area contributed by atoms with Crippen molar-refractivity contribution >= 4 is 18.3 Å². The summed E-state index contributed by atoms with van der Waals surface area (Å²) in [6.07, 6.45) is -3.62. The van der Waals surface area contributed by atoms with Gasteiger partial charge in [0, 0.05) is 0 Å². The molecule has 0 unspecified atom stereocenters. The number of para-hydroxylation sites is 1. The molecule has 0 aliphatic heterocycles. The highest BCUT2D eigenvalue weighted by molar-refractivity contribution is 5.90. The largest absolute Gasteiger partial charge is 0.516 e. The lowest BCUT2D eigenvalue weighted by molar-refractivity contribution is 0.0688. The molecule has 0 aliphatic rings.